The van der Waals surface area contributed by atoms with E-state index in [9.17, 15) is 9.50 Å². The minimum Gasteiger partial charge on any atom is -0.508 e. The third kappa shape index (κ3) is 2.70. The number of nitrogens with two attached hydrogens (primary N) is 1. The molecule has 0 saturated heterocycles. The molecule has 0 aromatic heterocycles. The van der Waals surface area contributed by atoms with E-state index in [1.54, 1.807) is 0 Å². The van der Waals surface area contributed by atoms with Crippen LogP contribution >= 0.6 is 0 Å². The van der Waals surface area contributed by atoms with Gasteiger partial charge in [-0.25, -0.2) is 4.39 Å². The van der Waals surface area contributed by atoms with Crippen LogP contribution in [0.25, 0.3) is 0 Å². The molecule has 0 bridgehead atoms. The molecule has 1 aromatic rings. The van der Waals surface area contributed by atoms with E-state index in [1.807, 2.05) is 0 Å². The summed E-state index contributed by atoms with van der Waals surface area (Å²) in [5.41, 5.74) is 6.32. The standard InChI is InChI=1S/C11H16FNO/c1-2-3-4-10(13)9-7-8(12)5-6-11(9)14/h5-7,10,14H,2-4,13H2,1H3/t10-/m0/s1. The Morgan fingerprint density at radius 1 is 1.50 bits per heavy atom. The van der Waals surface area contributed by atoms with Crippen molar-refractivity contribution in [2.45, 2.75) is 32.2 Å². The van der Waals surface area contributed by atoms with Gasteiger partial charge in [0.05, 0.1) is 0 Å². The molecule has 0 unspecified atom stereocenters. The van der Waals surface area contributed by atoms with Crippen LogP contribution in [0, 0.1) is 5.82 Å². The van der Waals surface area contributed by atoms with Crippen LogP contribution in [0.2, 0.25) is 0 Å². The third-order valence-electron chi connectivity index (χ3n) is 2.26. The normalized spacial score (nSPS) is 12.8. The SMILES string of the molecule is CCCC[C@H](N)c1cc(F)ccc1O. The van der Waals surface area contributed by atoms with Gasteiger partial charge in [-0.2, -0.15) is 0 Å². The van der Waals surface area contributed by atoms with Crippen molar-refractivity contribution in [3.8, 4) is 5.75 Å². The van der Waals surface area contributed by atoms with Gasteiger partial charge in [0.25, 0.3) is 0 Å². The zero-order valence-corrected chi connectivity index (χ0v) is 8.33. The molecule has 2 nitrogen and oxygen atoms in total. The van der Waals surface area contributed by atoms with E-state index in [4.69, 9.17) is 5.73 Å². The first-order valence-electron chi connectivity index (χ1n) is 4.89. The van der Waals surface area contributed by atoms with Crippen molar-refractivity contribution in [1.29, 1.82) is 0 Å². The lowest BCUT2D eigenvalue weighted by molar-refractivity contribution is 0.453. The van der Waals surface area contributed by atoms with Gasteiger partial charge in [-0.1, -0.05) is 19.8 Å². The highest BCUT2D eigenvalue weighted by Gasteiger charge is 2.10. The van der Waals surface area contributed by atoms with Crippen molar-refractivity contribution in [1.82, 2.24) is 0 Å². The van der Waals surface area contributed by atoms with Crippen molar-refractivity contribution in [3.05, 3.63) is 29.6 Å². The summed E-state index contributed by atoms with van der Waals surface area (Å²) in [6, 6.07) is 3.60. The van der Waals surface area contributed by atoms with Crippen LogP contribution in [0.15, 0.2) is 18.2 Å². The maximum absolute atomic E-state index is 12.9. The summed E-state index contributed by atoms with van der Waals surface area (Å²) in [6.45, 7) is 2.07. The van der Waals surface area contributed by atoms with Gasteiger partial charge in [-0.05, 0) is 24.6 Å². The van der Waals surface area contributed by atoms with Crippen molar-refractivity contribution < 1.29 is 9.50 Å². The molecular formula is C11H16FNO. The van der Waals surface area contributed by atoms with Gasteiger partial charge in [-0.3, -0.25) is 0 Å². The van der Waals surface area contributed by atoms with Crippen LogP contribution in [0.1, 0.15) is 37.8 Å². The number of benzene rings is 1. The average Bonchev–Trinajstić information content (AvgIpc) is 2.18. The highest BCUT2D eigenvalue weighted by Crippen LogP contribution is 2.26. The second-order valence-electron chi connectivity index (χ2n) is 3.45. The first kappa shape index (κ1) is 11.0. The number of phenols is 1. The van der Waals surface area contributed by atoms with E-state index in [2.05, 4.69) is 6.92 Å². The molecule has 0 aliphatic carbocycles. The quantitative estimate of drug-likeness (QED) is 0.779. The molecule has 3 heteroatoms. The van der Waals surface area contributed by atoms with Crippen molar-refractivity contribution in [3.63, 3.8) is 0 Å². The molecule has 0 amide bonds. The van der Waals surface area contributed by atoms with E-state index < -0.39 is 0 Å². The van der Waals surface area contributed by atoms with Crippen molar-refractivity contribution in [2.75, 3.05) is 0 Å². The lowest BCUT2D eigenvalue weighted by atomic mass is 10.0. The van der Waals surface area contributed by atoms with Gasteiger partial charge in [0.2, 0.25) is 0 Å². The monoisotopic (exact) mass is 197 g/mol. The van der Waals surface area contributed by atoms with Gasteiger partial charge in [0.1, 0.15) is 11.6 Å². The number of hydrogen-bond donors (Lipinski definition) is 2. The number of rotatable bonds is 4. The van der Waals surface area contributed by atoms with Gasteiger partial charge in [0, 0.05) is 11.6 Å². The Kier molecular flexibility index (Phi) is 3.89. The first-order chi connectivity index (χ1) is 6.65. The fourth-order valence-corrected chi connectivity index (χ4v) is 1.40. The number of unbranched alkanes of at least 4 members (excludes halogenated alkanes) is 1. The van der Waals surface area contributed by atoms with Gasteiger partial charge in [0.15, 0.2) is 0 Å². The molecule has 0 radical (unpaired) electrons. The van der Waals surface area contributed by atoms with Crippen LogP contribution < -0.4 is 5.73 Å². The number of phenolic OH excluding ortho intramolecular Hbond substituents is 1. The lowest BCUT2D eigenvalue weighted by Crippen LogP contribution is -2.10. The predicted molar refractivity (Wildman–Crippen MR) is 54.5 cm³/mol. The zero-order chi connectivity index (χ0) is 10.6. The van der Waals surface area contributed by atoms with Gasteiger partial charge in [-0.15, -0.1) is 0 Å². The molecule has 0 aliphatic rings. The van der Waals surface area contributed by atoms with Gasteiger partial charge < -0.3 is 10.8 Å². The molecule has 1 rings (SSSR count). The summed E-state index contributed by atoms with van der Waals surface area (Å²) in [6.07, 6.45) is 2.80. The molecule has 14 heavy (non-hydrogen) atoms. The molecule has 0 spiro atoms. The molecule has 3 N–H and O–H groups in total. The molecule has 0 heterocycles. The number of halogens is 1. The summed E-state index contributed by atoms with van der Waals surface area (Å²) in [5.74, 6) is -0.278. The Balaban J connectivity index is 2.77. The highest BCUT2D eigenvalue weighted by molar-refractivity contribution is 5.34. The Labute approximate surface area is 83.6 Å². The Bertz CT molecular complexity index is 301. The van der Waals surface area contributed by atoms with E-state index in [1.165, 1.54) is 18.2 Å². The molecule has 0 aliphatic heterocycles. The van der Waals surface area contributed by atoms with E-state index in [0.29, 0.717) is 5.56 Å². The summed E-state index contributed by atoms with van der Waals surface area (Å²) < 4.78 is 12.9. The Morgan fingerprint density at radius 2 is 2.21 bits per heavy atom. The van der Waals surface area contributed by atoms with Crippen LogP contribution in [0.5, 0.6) is 5.75 Å². The first-order valence-corrected chi connectivity index (χ1v) is 4.89. The second-order valence-corrected chi connectivity index (χ2v) is 3.45. The summed E-state index contributed by atoms with van der Waals surface area (Å²) >= 11 is 0. The number of hydrogen-bond acceptors (Lipinski definition) is 2. The van der Waals surface area contributed by atoms with Crippen molar-refractivity contribution >= 4 is 0 Å². The predicted octanol–water partition coefficient (Wildman–Crippen LogP) is 2.72. The van der Waals surface area contributed by atoms with E-state index in [0.717, 1.165) is 19.3 Å². The smallest absolute Gasteiger partial charge is 0.123 e. The van der Waals surface area contributed by atoms with Crippen LogP contribution in [0.3, 0.4) is 0 Å². The molecule has 1 atom stereocenters. The summed E-state index contributed by atoms with van der Waals surface area (Å²) in [5, 5.41) is 9.46. The minimum absolute atomic E-state index is 0.0787. The minimum atomic E-state index is -0.357. The summed E-state index contributed by atoms with van der Waals surface area (Å²) in [4.78, 5) is 0. The third-order valence-corrected chi connectivity index (χ3v) is 2.26. The topological polar surface area (TPSA) is 46.2 Å². The molecular weight excluding hydrogens is 181 g/mol. The molecule has 0 fully saturated rings. The fourth-order valence-electron chi connectivity index (χ4n) is 1.40. The van der Waals surface area contributed by atoms with Crippen molar-refractivity contribution in [2.24, 2.45) is 5.73 Å². The van der Waals surface area contributed by atoms with E-state index in [-0.39, 0.29) is 17.6 Å². The molecule has 1 aromatic carbocycles. The molecule has 0 saturated carbocycles. The number of aromatic hydroxyl groups is 1. The van der Waals surface area contributed by atoms with Crippen LogP contribution in [-0.4, -0.2) is 5.11 Å². The second kappa shape index (κ2) is 4.96. The molecule has 78 valence electrons. The maximum Gasteiger partial charge on any atom is 0.123 e. The van der Waals surface area contributed by atoms with E-state index >= 15 is 0 Å². The van der Waals surface area contributed by atoms with Crippen LogP contribution in [0.4, 0.5) is 4.39 Å². The van der Waals surface area contributed by atoms with Gasteiger partial charge >= 0.3 is 0 Å². The average molecular weight is 197 g/mol. The zero-order valence-electron chi connectivity index (χ0n) is 8.33. The lowest BCUT2D eigenvalue weighted by Gasteiger charge is -2.12. The Morgan fingerprint density at radius 3 is 2.86 bits per heavy atom. The largest absolute Gasteiger partial charge is 0.508 e. The summed E-state index contributed by atoms with van der Waals surface area (Å²) in [7, 11) is 0. The Hall–Kier alpha value is -1.09. The fraction of sp³-hybridized carbons (Fsp3) is 0.455. The maximum atomic E-state index is 12.9. The highest BCUT2D eigenvalue weighted by atomic mass is 19.1. The van der Waals surface area contributed by atoms with Crippen LogP contribution in [-0.2, 0) is 0 Å².